The lowest BCUT2D eigenvalue weighted by Gasteiger charge is -2.29. The second-order valence-electron chi connectivity index (χ2n) is 7.88. The summed E-state index contributed by atoms with van der Waals surface area (Å²) < 4.78 is 5.42. The van der Waals surface area contributed by atoms with E-state index in [1.807, 2.05) is 18.2 Å². The number of anilines is 1. The second kappa shape index (κ2) is 9.68. The van der Waals surface area contributed by atoms with Crippen molar-refractivity contribution in [2.75, 3.05) is 31.2 Å². The number of halogens is 1. The molecule has 1 atom stereocenters. The van der Waals surface area contributed by atoms with Crippen molar-refractivity contribution in [1.29, 1.82) is 0 Å². The molecule has 2 heterocycles. The summed E-state index contributed by atoms with van der Waals surface area (Å²) in [6.45, 7) is 2.03. The van der Waals surface area contributed by atoms with Crippen LogP contribution >= 0.6 is 11.6 Å². The zero-order chi connectivity index (χ0) is 21.8. The molecule has 0 saturated carbocycles. The Labute approximate surface area is 186 Å². The van der Waals surface area contributed by atoms with Crippen molar-refractivity contribution in [3.63, 3.8) is 0 Å². The Kier molecular flexibility index (Phi) is 6.75. The molecule has 0 aliphatic carbocycles. The van der Waals surface area contributed by atoms with Gasteiger partial charge in [-0.15, -0.1) is 0 Å². The summed E-state index contributed by atoms with van der Waals surface area (Å²) in [4.78, 5) is 28.7. The van der Waals surface area contributed by atoms with Gasteiger partial charge >= 0.3 is 0 Å². The summed E-state index contributed by atoms with van der Waals surface area (Å²) in [5.41, 5.74) is 2.65. The number of hydrogen-bond donors (Lipinski definition) is 2. The number of ether oxygens (including phenoxy) is 1. The van der Waals surface area contributed by atoms with Crippen LogP contribution in [0.1, 0.15) is 24.0 Å². The van der Waals surface area contributed by atoms with Crippen LogP contribution in [0.3, 0.4) is 0 Å². The lowest BCUT2D eigenvalue weighted by atomic mass is 10.1. The number of hydrogen-bond acceptors (Lipinski definition) is 5. The third kappa shape index (κ3) is 5.01. The first kappa shape index (κ1) is 21.6. The van der Waals surface area contributed by atoms with Crippen LogP contribution in [0, 0.1) is 0 Å². The molecule has 164 valence electrons. The summed E-state index contributed by atoms with van der Waals surface area (Å²) in [6, 6.07) is 13.2. The number of benzene rings is 2. The van der Waals surface area contributed by atoms with Crippen LogP contribution in [0.2, 0.25) is 5.02 Å². The molecule has 7 nitrogen and oxygen atoms in total. The van der Waals surface area contributed by atoms with Gasteiger partial charge in [0, 0.05) is 24.2 Å². The van der Waals surface area contributed by atoms with E-state index in [0.29, 0.717) is 23.0 Å². The van der Waals surface area contributed by atoms with Crippen LogP contribution in [0.25, 0.3) is 0 Å². The minimum atomic E-state index is -0.283. The Hall–Kier alpha value is -2.61. The number of carbonyl (C=O) groups excluding carboxylic acids is 2. The highest BCUT2D eigenvalue weighted by molar-refractivity contribution is 6.31. The number of aliphatic hydroxyl groups excluding tert-OH is 1. The normalized spacial score (nSPS) is 18.6. The van der Waals surface area contributed by atoms with E-state index in [0.717, 1.165) is 37.1 Å². The van der Waals surface area contributed by atoms with Gasteiger partial charge in [0.25, 0.3) is 5.91 Å². The monoisotopic (exact) mass is 443 g/mol. The molecule has 2 aromatic rings. The molecule has 2 amide bonds. The van der Waals surface area contributed by atoms with E-state index < -0.39 is 0 Å². The van der Waals surface area contributed by atoms with Crippen LogP contribution in [0.15, 0.2) is 42.5 Å². The molecule has 8 heteroatoms. The standard InChI is InChI=1S/C23H26ClN3O4/c24-18-7-8-21-20(10-18)27(23(30)15-31-21)13-22(29)25-11-16-4-1-2-5-17(16)12-26-9-3-6-19(26)14-28/h1-2,4-5,7-8,10,19,28H,3,6,9,11-15H2,(H,25,29). The van der Waals surface area contributed by atoms with Gasteiger partial charge < -0.3 is 15.2 Å². The Bertz CT molecular complexity index is 968. The molecule has 0 bridgehead atoms. The fourth-order valence-corrected chi connectivity index (χ4v) is 4.32. The van der Waals surface area contributed by atoms with Crippen molar-refractivity contribution in [2.24, 2.45) is 0 Å². The number of amides is 2. The molecular formula is C23H26ClN3O4. The van der Waals surface area contributed by atoms with E-state index in [1.54, 1.807) is 18.2 Å². The Morgan fingerprint density at radius 3 is 2.84 bits per heavy atom. The van der Waals surface area contributed by atoms with E-state index in [-0.39, 0.29) is 37.6 Å². The van der Waals surface area contributed by atoms with E-state index in [4.69, 9.17) is 16.3 Å². The molecule has 0 spiro atoms. The lowest BCUT2D eigenvalue weighted by molar-refractivity contribution is -0.125. The molecule has 1 fully saturated rings. The molecule has 2 N–H and O–H groups in total. The topological polar surface area (TPSA) is 82.1 Å². The van der Waals surface area contributed by atoms with Crippen LogP contribution in [-0.2, 0) is 22.7 Å². The number of fused-ring (bicyclic) bond motifs is 1. The Morgan fingerprint density at radius 2 is 2.03 bits per heavy atom. The highest BCUT2D eigenvalue weighted by Gasteiger charge is 2.28. The average molecular weight is 444 g/mol. The molecule has 1 saturated heterocycles. The number of likely N-dealkylation sites (tertiary alicyclic amines) is 1. The fourth-order valence-electron chi connectivity index (χ4n) is 4.16. The van der Waals surface area contributed by atoms with Crippen molar-refractivity contribution >= 4 is 29.1 Å². The maximum Gasteiger partial charge on any atom is 0.265 e. The van der Waals surface area contributed by atoms with Gasteiger partial charge in [-0.3, -0.25) is 19.4 Å². The average Bonchev–Trinajstić information content (AvgIpc) is 3.22. The first-order chi connectivity index (χ1) is 15.0. The van der Waals surface area contributed by atoms with E-state index in [2.05, 4.69) is 16.3 Å². The van der Waals surface area contributed by atoms with Crippen LogP contribution < -0.4 is 15.0 Å². The fraction of sp³-hybridized carbons (Fsp3) is 0.391. The molecule has 1 unspecified atom stereocenters. The summed E-state index contributed by atoms with van der Waals surface area (Å²) in [5.74, 6) is -0.00835. The molecule has 0 aromatic heterocycles. The quantitative estimate of drug-likeness (QED) is 0.686. The second-order valence-corrected chi connectivity index (χ2v) is 8.31. The van der Waals surface area contributed by atoms with Crippen LogP contribution in [0.5, 0.6) is 5.75 Å². The zero-order valence-electron chi connectivity index (χ0n) is 17.2. The van der Waals surface area contributed by atoms with Gasteiger partial charge in [-0.2, -0.15) is 0 Å². The highest BCUT2D eigenvalue weighted by Crippen LogP contribution is 2.34. The molecular weight excluding hydrogens is 418 g/mol. The third-order valence-corrected chi connectivity index (χ3v) is 6.08. The molecule has 2 aliphatic rings. The maximum atomic E-state index is 12.7. The zero-order valence-corrected chi connectivity index (χ0v) is 18.0. The van der Waals surface area contributed by atoms with Gasteiger partial charge in [0.1, 0.15) is 12.3 Å². The minimum Gasteiger partial charge on any atom is -0.482 e. The van der Waals surface area contributed by atoms with E-state index >= 15 is 0 Å². The van der Waals surface area contributed by atoms with Gasteiger partial charge in [-0.05, 0) is 48.7 Å². The third-order valence-electron chi connectivity index (χ3n) is 5.84. The van der Waals surface area contributed by atoms with Crippen molar-refractivity contribution in [2.45, 2.75) is 32.0 Å². The SMILES string of the molecule is O=C(CN1C(=O)COc2ccc(Cl)cc21)NCc1ccccc1CN1CCCC1CO. The van der Waals surface area contributed by atoms with Gasteiger partial charge in [-0.25, -0.2) is 0 Å². The summed E-state index contributed by atoms with van der Waals surface area (Å²) in [6.07, 6.45) is 2.09. The smallest absolute Gasteiger partial charge is 0.265 e. The summed E-state index contributed by atoms with van der Waals surface area (Å²) >= 11 is 6.06. The Balaban J connectivity index is 1.40. The Morgan fingerprint density at radius 1 is 1.23 bits per heavy atom. The number of nitrogens with one attached hydrogen (secondary N) is 1. The minimum absolute atomic E-state index is 0.101. The van der Waals surface area contributed by atoms with E-state index in [9.17, 15) is 14.7 Å². The van der Waals surface area contributed by atoms with Gasteiger partial charge in [0.05, 0.1) is 12.3 Å². The van der Waals surface area contributed by atoms with Crippen LogP contribution in [-0.4, -0.2) is 54.2 Å². The predicted molar refractivity (Wildman–Crippen MR) is 118 cm³/mol. The van der Waals surface area contributed by atoms with Gasteiger partial charge in [-0.1, -0.05) is 35.9 Å². The molecule has 2 aliphatic heterocycles. The summed E-state index contributed by atoms with van der Waals surface area (Å²) in [7, 11) is 0. The number of rotatable bonds is 7. The molecule has 0 radical (unpaired) electrons. The lowest BCUT2D eigenvalue weighted by Crippen LogP contribution is -2.45. The molecule has 2 aromatic carbocycles. The molecule has 4 rings (SSSR count). The number of carbonyl (C=O) groups is 2. The largest absolute Gasteiger partial charge is 0.482 e. The predicted octanol–water partition coefficient (Wildman–Crippen LogP) is 2.34. The highest BCUT2D eigenvalue weighted by atomic mass is 35.5. The first-order valence-electron chi connectivity index (χ1n) is 10.5. The first-order valence-corrected chi connectivity index (χ1v) is 10.8. The molecule has 31 heavy (non-hydrogen) atoms. The van der Waals surface area contributed by atoms with Crippen molar-refractivity contribution in [3.8, 4) is 5.75 Å². The van der Waals surface area contributed by atoms with Gasteiger partial charge in [0.2, 0.25) is 5.91 Å². The number of nitrogens with zero attached hydrogens (tertiary/aromatic N) is 2. The van der Waals surface area contributed by atoms with Crippen molar-refractivity contribution in [1.82, 2.24) is 10.2 Å². The van der Waals surface area contributed by atoms with Gasteiger partial charge in [0.15, 0.2) is 6.61 Å². The van der Waals surface area contributed by atoms with E-state index in [1.165, 1.54) is 4.90 Å². The number of aliphatic hydroxyl groups is 1. The van der Waals surface area contributed by atoms with Crippen molar-refractivity contribution < 1.29 is 19.4 Å². The van der Waals surface area contributed by atoms with Crippen molar-refractivity contribution in [3.05, 3.63) is 58.6 Å². The van der Waals surface area contributed by atoms with Crippen LogP contribution in [0.4, 0.5) is 5.69 Å². The summed E-state index contributed by atoms with van der Waals surface area (Å²) in [5, 5.41) is 13.0. The maximum absolute atomic E-state index is 12.7.